The van der Waals surface area contributed by atoms with Gasteiger partial charge in [-0.25, -0.2) is 9.78 Å². The second-order valence-corrected chi connectivity index (χ2v) is 7.24. The highest BCUT2D eigenvalue weighted by molar-refractivity contribution is 5.95. The van der Waals surface area contributed by atoms with Gasteiger partial charge in [0.25, 0.3) is 5.56 Å². The van der Waals surface area contributed by atoms with Crippen molar-refractivity contribution in [1.82, 2.24) is 14.5 Å². The molecule has 0 N–H and O–H groups in total. The SMILES string of the molecule is Cc1ncn(CC(=O)N2CCCC3(C2)OC(=O)c2ccccc23)c(=O)c1C. The van der Waals surface area contributed by atoms with E-state index in [0.717, 1.165) is 12.0 Å². The lowest BCUT2D eigenvalue weighted by molar-refractivity contribution is -0.139. The number of likely N-dealkylation sites (tertiary alicyclic amines) is 1. The molecule has 1 saturated heterocycles. The maximum Gasteiger partial charge on any atom is 0.339 e. The first-order valence-corrected chi connectivity index (χ1v) is 9.04. The summed E-state index contributed by atoms with van der Waals surface area (Å²) >= 11 is 0. The molecule has 1 spiro atoms. The fourth-order valence-electron chi connectivity index (χ4n) is 3.92. The van der Waals surface area contributed by atoms with Gasteiger partial charge in [0.15, 0.2) is 5.60 Å². The van der Waals surface area contributed by atoms with Gasteiger partial charge >= 0.3 is 5.97 Å². The molecule has 3 heterocycles. The molecule has 2 aliphatic rings. The number of aromatic nitrogens is 2. The van der Waals surface area contributed by atoms with Crippen molar-refractivity contribution in [2.45, 2.75) is 38.8 Å². The maximum absolute atomic E-state index is 12.8. The van der Waals surface area contributed by atoms with E-state index in [9.17, 15) is 14.4 Å². The monoisotopic (exact) mass is 367 g/mol. The molecule has 4 rings (SSSR count). The molecule has 0 bridgehead atoms. The first kappa shape index (κ1) is 17.5. The van der Waals surface area contributed by atoms with Gasteiger partial charge in [-0.15, -0.1) is 0 Å². The number of nitrogens with zero attached hydrogens (tertiary/aromatic N) is 3. The summed E-state index contributed by atoms with van der Waals surface area (Å²) in [6.45, 7) is 4.28. The van der Waals surface area contributed by atoms with Gasteiger partial charge in [-0.05, 0) is 32.8 Å². The van der Waals surface area contributed by atoms with Gasteiger partial charge in [0.05, 0.1) is 18.4 Å². The first-order chi connectivity index (χ1) is 12.9. The molecule has 0 aliphatic carbocycles. The Kier molecular flexibility index (Phi) is 4.09. The van der Waals surface area contributed by atoms with Crippen LogP contribution >= 0.6 is 0 Å². The standard InChI is InChI=1S/C20H21N3O4/c1-13-14(2)21-12-23(18(13)25)10-17(24)22-9-5-8-20(11-22)16-7-4-3-6-15(16)19(26)27-20/h3-4,6-7,12H,5,8-11H2,1-2H3. The largest absolute Gasteiger partial charge is 0.449 e. The van der Waals surface area contributed by atoms with E-state index in [1.54, 1.807) is 24.8 Å². The molecule has 1 aromatic heterocycles. The van der Waals surface area contributed by atoms with E-state index < -0.39 is 5.60 Å². The number of hydrogen-bond acceptors (Lipinski definition) is 5. The third kappa shape index (κ3) is 2.83. The minimum Gasteiger partial charge on any atom is -0.449 e. The third-order valence-corrected chi connectivity index (χ3v) is 5.55. The summed E-state index contributed by atoms with van der Waals surface area (Å²) < 4.78 is 7.07. The molecule has 0 saturated carbocycles. The van der Waals surface area contributed by atoms with Crippen molar-refractivity contribution in [3.05, 3.63) is 63.3 Å². The van der Waals surface area contributed by atoms with Crippen LogP contribution in [0.3, 0.4) is 0 Å². The van der Waals surface area contributed by atoms with Gasteiger partial charge in [-0.2, -0.15) is 0 Å². The summed E-state index contributed by atoms with van der Waals surface area (Å²) in [5, 5.41) is 0. The molecule has 140 valence electrons. The number of aryl methyl sites for hydroxylation is 1. The summed E-state index contributed by atoms with van der Waals surface area (Å²) in [5.41, 5.74) is 1.63. The molecule has 7 heteroatoms. The number of benzene rings is 1. The van der Waals surface area contributed by atoms with Crippen LogP contribution in [0.25, 0.3) is 0 Å². The van der Waals surface area contributed by atoms with Crippen molar-refractivity contribution < 1.29 is 14.3 Å². The van der Waals surface area contributed by atoms with Crippen LogP contribution in [0.1, 0.15) is 40.0 Å². The normalized spacial score (nSPS) is 21.3. The van der Waals surface area contributed by atoms with Crippen LogP contribution in [-0.2, 0) is 21.7 Å². The van der Waals surface area contributed by atoms with Crippen LogP contribution < -0.4 is 5.56 Å². The number of amides is 1. The number of piperidine rings is 1. The van der Waals surface area contributed by atoms with Crippen molar-refractivity contribution in [3.63, 3.8) is 0 Å². The van der Waals surface area contributed by atoms with E-state index >= 15 is 0 Å². The van der Waals surface area contributed by atoms with Crippen LogP contribution in [0, 0.1) is 13.8 Å². The van der Waals surface area contributed by atoms with Gasteiger partial charge in [0.1, 0.15) is 6.54 Å². The Hall–Kier alpha value is -2.96. The number of rotatable bonds is 2. The lowest BCUT2D eigenvalue weighted by Gasteiger charge is -2.39. The fraction of sp³-hybridized carbons (Fsp3) is 0.400. The summed E-state index contributed by atoms with van der Waals surface area (Å²) in [4.78, 5) is 43.3. The molecule has 27 heavy (non-hydrogen) atoms. The Balaban J connectivity index is 1.58. The summed E-state index contributed by atoms with van der Waals surface area (Å²) in [5.74, 6) is -0.517. The van der Waals surface area contributed by atoms with Crippen LogP contribution in [0.5, 0.6) is 0 Å². The molecule has 1 aromatic carbocycles. The number of esters is 1. The Morgan fingerprint density at radius 3 is 2.85 bits per heavy atom. The van der Waals surface area contributed by atoms with Gasteiger partial charge < -0.3 is 9.64 Å². The molecular formula is C20H21N3O4. The topological polar surface area (TPSA) is 81.5 Å². The van der Waals surface area contributed by atoms with Crippen molar-refractivity contribution in [1.29, 1.82) is 0 Å². The van der Waals surface area contributed by atoms with Crippen LogP contribution in [0.4, 0.5) is 0 Å². The van der Waals surface area contributed by atoms with Crippen molar-refractivity contribution in [2.75, 3.05) is 13.1 Å². The van der Waals surface area contributed by atoms with Crippen LogP contribution in [0.2, 0.25) is 0 Å². The van der Waals surface area contributed by atoms with Crippen LogP contribution in [-0.4, -0.2) is 39.4 Å². The Bertz CT molecular complexity index is 997. The second-order valence-electron chi connectivity index (χ2n) is 7.24. The Morgan fingerprint density at radius 2 is 2.04 bits per heavy atom. The van der Waals surface area contributed by atoms with E-state index in [1.165, 1.54) is 10.9 Å². The van der Waals surface area contributed by atoms with Gasteiger partial charge in [0.2, 0.25) is 5.91 Å². The molecule has 1 fully saturated rings. The zero-order chi connectivity index (χ0) is 19.2. The molecule has 1 amide bonds. The van der Waals surface area contributed by atoms with Gasteiger partial charge in [-0.1, -0.05) is 18.2 Å². The molecule has 2 aromatic rings. The first-order valence-electron chi connectivity index (χ1n) is 9.04. The van der Waals surface area contributed by atoms with Crippen LogP contribution in [0.15, 0.2) is 35.4 Å². The van der Waals surface area contributed by atoms with Gasteiger partial charge in [-0.3, -0.25) is 14.2 Å². The molecule has 0 radical (unpaired) electrons. The minimum absolute atomic E-state index is 0.0708. The summed E-state index contributed by atoms with van der Waals surface area (Å²) in [6.07, 6.45) is 2.82. The number of hydrogen-bond donors (Lipinski definition) is 0. The average Bonchev–Trinajstić information content (AvgIpc) is 2.94. The van der Waals surface area contributed by atoms with E-state index in [1.807, 2.05) is 18.2 Å². The second kappa shape index (κ2) is 6.33. The number of carbonyl (C=O) groups is 2. The van der Waals surface area contributed by atoms with Crippen molar-refractivity contribution in [2.24, 2.45) is 0 Å². The van der Waals surface area contributed by atoms with Crippen molar-refractivity contribution >= 4 is 11.9 Å². The number of ether oxygens (including phenoxy) is 1. The zero-order valence-corrected chi connectivity index (χ0v) is 15.4. The quantitative estimate of drug-likeness (QED) is 0.752. The van der Waals surface area contributed by atoms with E-state index in [-0.39, 0.29) is 24.0 Å². The highest BCUT2D eigenvalue weighted by Crippen LogP contribution is 2.42. The van der Waals surface area contributed by atoms with E-state index in [0.29, 0.717) is 36.3 Å². The number of carbonyl (C=O) groups excluding carboxylic acids is 2. The Labute approximate surface area is 156 Å². The maximum atomic E-state index is 12.8. The summed E-state index contributed by atoms with van der Waals surface area (Å²) in [6, 6.07) is 7.34. The van der Waals surface area contributed by atoms with Crippen molar-refractivity contribution in [3.8, 4) is 0 Å². The third-order valence-electron chi connectivity index (χ3n) is 5.55. The van der Waals surface area contributed by atoms with E-state index in [2.05, 4.69) is 4.98 Å². The smallest absolute Gasteiger partial charge is 0.339 e. The fourth-order valence-corrected chi connectivity index (χ4v) is 3.92. The highest BCUT2D eigenvalue weighted by atomic mass is 16.6. The zero-order valence-electron chi connectivity index (χ0n) is 15.4. The highest BCUT2D eigenvalue weighted by Gasteiger charge is 2.48. The predicted molar refractivity (Wildman–Crippen MR) is 97.3 cm³/mol. The molecule has 1 unspecified atom stereocenters. The molecule has 1 atom stereocenters. The molecular weight excluding hydrogens is 346 g/mol. The lowest BCUT2D eigenvalue weighted by Crippen LogP contribution is -2.50. The molecule has 7 nitrogen and oxygen atoms in total. The average molecular weight is 367 g/mol. The Morgan fingerprint density at radius 1 is 1.26 bits per heavy atom. The summed E-state index contributed by atoms with van der Waals surface area (Å²) in [7, 11) is 0. The minimum atomic E-state index is -0.784. The van der Waals surface area contributed by atoms with E-state index in [4.69, 9.17) is 4.74 Å². The predicted octanol–water partition coefficient (Wildman–Crippen LogP) is 1.55. The van der Waals surface area contributed by atoms with Gasteiger partial charge in [0, 0.05) is 23.4 Å². The number of fused-ring (bicyclic) bond motifs is 2. The molecule has 2 aliphatic heterocycles. The lowest BCUT2D eigenvalue weighted by atomic mass is 9.85.